The van der Waals surface area contributed by atoms with Gasteiger partial charge in [0.25, 0.3) is 0 Å². The molecule has 1 N–H and O–H groups in total. The number of amidine groups is 1. The van der Waals surface area contributed by atoms with Gasteiger partial charge in [-0.1, -0.05) is 0 Å². The average Bonchev–Trinajstić information content (AvgIpc) is 2.25. The standard InChI is InChI=1S/C11H12BrFN2/c12-9-5-4-8(13)7-10(9)15-11-3-1-2-6-14-11/h4-5,7H,1-3,6H2,(H,14,15). The molecule has 1 heterocycles. The van der Waals surface area contributed by atoms with Crippen LogP contribution in [-0.4, -0.2) is 12.4 Å². The Morgan fingerprint density at radius 3 is 2.93 bits per heavy atom. The van der Waals surface area contributed by atoms with Crippen molar-refractivity contribution in [2.75, 3.05) is 11.9 Å². The third-order valence-electron chi connectivity index (χ3n) is 2.33. The molecular formula is C11H12BrFN2. The molecule has 0 aromatic heterocycles. The second kappa shape index (κ2) is 4.75. The van der Waals surface area contributed by atoms with Gasteiger partial charge in [0.15, 0.2) is 0 Å². The Balaban J connectivity index is 2.15. The van der Waals surface area contributed by atoms with Crippen LogP contribution in [0, 0.1) is 5.82 Å². The summed E-state index contributed by atoms with van der Waals surface area (Å²) in [7, 11) is 0. The SMILES string of the molecule is Fc1ccc(Br)c(NC2=NCCCC2)c1. The lowest BCUT2D eigenvalue weighted by Crippen LogP contribution is -2.16. The zero-order valence-corrected chi connectivity index (χ0v) is 9.85. The molecule has 1 aliphatic heterocycles. The van der Waals surface area contributed by atoms with Crippen LogP contribution in [-0.2, 0) is 0 Å². The van der Waals surface area contributed by atoms with Gasteiger partial charge in [0.2, 0.25) is 0 Å². The number of benzene rings is 1. The van der Waals surface area contributed by atoms with E-state index >= 15 is 0 Å². The second-order valence-corrected chi connectivity index (χ2v) is 4.39. The summed E-state index contributed by atoms with van der Waals surface area (Å²) in [4.78, 5) is 4.36. The number of halogens is 2. The molecule has 1 aromatic carbocycles. The van der Waals surface area contributed by atoms with Crippen LogP contribution in [0.1, 0.15) is 19.3 Å². The number of rotatable bonds is 1. The van der Waals surface area contributed by atoms with Crippen molar-refractivity contribution in [3.8, 4) is 0 Å². The minimum absolute atomic E-state index is 0.239. The Bertz CT molecular complexity index is 390. The van der Waals surface area contributed by atoms with Gasteiger partial charge in [-0.2, -0.15) is 0 Å². The predicted octanol–water partition coefficient (Wildman–Crippen LogP) is 3.58. The van der Waals surface area contributed by atoms with Crippen molar-refractivity contribution in [2.45, 2.75) is 19.3 Å². The van der Waals surface area contributed by atoms with Gasteiger partial charge in [-0.3, -0.25) is 4.99 Å². The summed E-state index contributed by atoms with van der Waals surface area (Å²) >= 11 is 3.37. The number of hydrogen-bond acceptors (Lipinski definition) is 2. The fraction of sp³-hybridized carbons (Fsp3) is 0.364. The van der Waals surface area contributed by atoms with E-state index in [0.29, 0.717) is 0 Å². The highest BCUT2D eigenvalue weighted by Crippen LogP contribution is 2.24. The lowest BCUT2D eigenvalue weighted by molar-refractivity contribution is 0.628. The minimum atomic E-state index is -0.239. The topological polar surface area (TPSA) is 24.4 Å². The lowest BCUT2D eigenvalue weighted by atomic mass is 10.2. The maximum absolute atomic E-state index is 13.0. The zero-order valence-electron chi connectivity index (χ0n) is 8.26. The smallest absolute Gasteiger partial charge is 0.125 e. The van der Waals surface area contributed by atoms with Crippen LogP contribution in [0.25, 0.3) is 0 Å². The predicted molar refractivity (Wildman–Crippen MR) is 63.9 cm³/mol. The molecule has 0 spiro atoms. The van der Waals surface area contributed by atoms with Crippen molar-refractivity contribution in [3.05, 3.63) is 28.5 Å². The van der Waals surface area contributed by atoms with Crippen molar-refractivity contribution < 1.29 is 4.39 Å². The quantitative estimate of drug-likeness (QED) is 0.829. The van der Waals surface area contributed by atoms with E-state index in [4.69, 9.17) is 0 Å². The van der Waals surface area contributed by atoms with E-state index in [1.807, 2.05) is 0 Å². The monoisotopic (exact) mass is 270 g/mol. The summed E-state index contributed by atoms with van der Waals surface area (Å²) < 4.78 is 13.9. The van der Waals surface area contributed by atoms with Crippen LogP contribution < -0.4 is 5.32 Å². The molecular weight excluding hydrogens is 259 g/mol. The zero-order chi connectivity index (χ0) is 10.7. The highest BCUT2D eigenvalue weighted by Gasteiger charge is 2.07. The molecule has 0 unspecified atom stereocenters. The van der Waals surface area contributed by atoms with Crippen LogP contribution in [0.3, 0.4) is 0 Å². The highest BCUT2D eigenvalue weighted by atomic mass is 79.9. The molecule has 80 valence electrons. The Labute approximate surface area is 96.7 Å². The van der Waals surface area contributed by atoms with Gasteiger partial charge in [-0.05, 0) is 47.0 Å². The molecule has 0 fully saturated rings. The molecule has 15 heavy (non-hydrogen) atoms. The van der Waals surface area contributed by atoms with Crippen molar-refractivity contribution >= 4 is 27.5 Å². The average molecular weight is 271 g/mol. The van der Waals surface area contributed by atoms with Crippen molar-refractivity contribution in [2.24, 2.45) is 4.99 Å². The largest absolute Gasteiger partial charge is 0.343 e. The molecule has 0 radical (unpaired) electrons. The molecule has 0 saturated carbocycles. The molecule has 1 aliphatic rings. The molecule has 0 aliphatic carbocycles. The first-order chi connectivity index (χ1) is 7.25. The van der Waals surface area contributed by atoms with Gasteiger partial charge < -0.3 is 5.32 Å². The summed E-state index contributed by atoms with van der Waals surface area (Å²) in [6, 6.07) is 4.60. The highest BCUT2D eigenvalue weighted by molar-refractivity contribution is 9.10. The first-order valence-electron chi connectivity index (χ1n) is 5.01. The minimum Gasteiger partial charge on any atom is -0.343 e. The summed E-state index contributed by atoms with van der Waals surface area (Å²) in [6.45, 7) is 0.870. The van der Waals surface area contributed by atoms with Crippen molar-refractivity contribution in [1.82, 2.24) is 0 Å². The van der Waals surface area contributed by atoms with Gasteiger partial charge in [0.05, 0.1) is 5.69 Å². The summed E-state index contributed by atoms with van der Waals surface area (Å²) in [5, 5.41) is 3.15. The number of anilines is 1. The fourth-order valence-corrected chi connectivity index (χ4v) is 1.89. The van der Waals surface area contributed by atoms with E-state index in [1.165, 1.54) is 12.1 Å². The number of nitrogens with one attached hydrogen (secondary N) is 1. The van der Waals surface area contributed by atoms with E-state index in [9.17, 15) is 4.39 Å². The van der Waals surface area contributed by atoms with Gasteiger partial charge >= 0.3 is 0 Å². The summed E-state index contributed by atoms with van der Waals surface area (Å²) in [5.41, 5.74) is 0.746. The molecule has 2 nitrogen and oxygen atoms in total. The first kappa shape index (κ1) is 10.6. The van der Waals surface area contributed by atoms with Gasteiger partial charge in [-0.15, -0.1) is 0 Å². The molecule has 1 aromatic rings. The Kier molecular flexibility index (Phi) is 3.36. The van der Waals surface area contributed by atoms with Gasteiger partial charge in [0, 0.05) is 17.4 Å². The van der Waals surface area contributed by atoms with Crippen LogP contribution >= 0.6 is 15.9 Å². The summed E-state index contributed by atoms with van der Waals surface area (Å²) in [5.74, 6) is 0.713. The Hall–Kier alpha value is -0.900. The third-order valence-corrected chi connectivity index (χ3v) is 3.02. The first-order valence-corrected chi connectivity index (χ1v) is 5.80. The second-order valence-electron chi connectivity index (χ2n) is 3.53. The fourth-order valence-electron chi connectivity index (χ4n) is 1.55. The van der Waals surface area contributed by atoms with E-state index in [1.54, 1.807) is 6.07 Å². The van der Waals surface area contributed by atoms with Crippen LogP contribution in [0.5, 0.6) is 0 Å². The normalized spacial score (nSPS) is 16.0. The van der Waals surface area contributed by atoms with E-state index in [0.717, 1.165) is 41.8 Å². The molecule has 0 saturated heterocycles. The maximum atomic E-state index is 13.0. The van der Waals surface area contributed by atoms with Crippen LogP contribution in [0.15, 0.2) is 27.7 Å². The molecule has 0 atom stereocenters. The van der Waals surface area contributed by atoms with Crippen LogP contribution in [0.4, 0.5) is 10.1 Å². The molecule has 2 rings (SSSR count). The summed E-state index contributed by atoms with van der Waals surface area (Å²) in [6.07, 6.45) is 3.25. The number of aliphatic imine (C=N–C) groups is 1. The Morgan fingerprint density at radius 2 is 2.20 bits per heavy atom. The van der Waals surface area contributed by atoms with Gasteiger partial charge in [0.1, 0.15) is 11.7 Å². The Morgan fingerprint density at radius 1 is 1.33 bits per heavy atom. The molecule has 4 heteroatoms. The molecule has 0 bridgehead atoms. The molecule has 0 amide bonds. The van der Waals surface area contributed by atoms with Crippen molar-refractivity contribution in [3.63, 3.8) is 0 Å². The maximum Gasteiger partial charge on any atom is 0.125 e. The van der Waals surface area contributed by atoms with Crippen molar-refractivity contribution in [1.29, 1.82) is 0 Å². The third kappa shape index (κ3) is 2.78. The van der Waals surface area contributed by atoms with E-state index < -0.39 is 0 Å². The van der Waals surface area contributed by atoms with E-state index in [2.05, 4.69) is 26.2 Å². The van der Waals surface area contributed by atoms with Gasteiger partial charge in [-0.25, -0.2) is 4.39 Å². The number of nitrogens with zero attached hydrogens (tertiary/aromatic N) is 1. The van der Waals surface area contributed by atoms with E-state index in [-0.39, 0.29) is 5.82 Å². The lowest BCUT2D eigenvalue weighted by Gasteiger charge is -2.14. The number of hydrogen-bond donors (Lipinski definition) is 1. The van der Waals surface area contributed by atoms with Crippen LogP contribution in [0.2, 0.25) is 0 Å².